The van der Waals surface area contributed by atoms with Gasteiger partial charge in [-0.2, -0.15) is 0 Å². The summed E-state index contributed by atoms with van der Waals surface area (Å²) in [6.07, 6.45) is 2.25. The summed E-state index contributed by atoms with van der Waals surface area (Å²) in [5.41, 5.74) is 2.88. The van der Waals surface area contributed by atoms with Gasteiger partial charge in [0, 0.05) is 13.1 Å². The highest BCUT2D eigenvalue weighted by Gasteiger charge is 2.13. The van der Waals surface area contributed by atoms with E-state index in [-0.39, 0.29) is 0 Å². The van der Waals surface area contributed by atoms with Gasteiger partial charge in [0.2, 0.25) is 0 Å². The first kappa shape index (κ1) is 11.0. The molecule has 0 bridgehead atoms. The Balaban J connectivity index is 2.36. The van der Waals surface area contributed by atoms with Crippen LogP contribution < -0.4 is 4.74 Å². The van der Waals surface area contributed by atoms with Crippen molar-refractivity contribution < 1.29 is 4.74 Å². The quantitative estimate of drug-likeness (QED) is 0.777. The molecule has 0 radical (unpaired) electrons. The number of hydrogen-bond acceptors (Lipinski definition) is 2. The van der Waals surface area contributed by atoms with Crippen LogP contribution in [0.1, 0.15) is 11.1 Å². The summed E-state index contributed by atoms with van der Waals surface area (Å²) in [6, 6.07) is 4.37. The number of fused-ring (bicyclic) bond motifs is 1. The molecular formula is C12H16BrNO. The molecule has 0 amide bonds. The summed E-state index contributed by atoms with van der Waals surface area (Å²) in [6.45, 7) is 2.28. The third-order valence-corrected chi connectivity index (χ3v) is 3.62. The average Bonchev–Trinajstić information content (AvgIpc) is 2.40. The van der Waals surface area contributed by atoms with Crippen LogP contribution in [-0.2, 0) is 12.8 Å². The number of ether oxygens (including phenoxy) is 1. The van der Waals surface area contributed by atoms with Crippen LogP contribution in [0.15, 0.2) is 16.6 Å². The predicted molar refractivity (Wildman–Crippen MR) is 65.6 cm³/mol. The Morgan fingerprint density at radius 3 is 2.40 bits per heavy atom. The van der Waals surface area contributed by atoms with Crippen LogP contribution >= 0.6 is 15.9 Å². The normalized spacial score (nSPS) is 17.0. The second kappa shape index (κ2) is 4.54. The second-order valence-corrected chi connectivity index (χ2v) is 4.91. The van der Waals surface area contributed by atoms with E-state index in [0.717, 1.165) is 36.2 Å². The van der Waals surface area contributed by atoms with Gasteiger partial charge in [-0.15, -0.1) is 0 Å². The van der Waals surface area contributed by atoms with Gasteiger partial charge in [0.25, 0.3) is 0 Å². The molecule has 15 heavy (non-hydrogen) atoms. The van der Waals surface area contributed by atoms with Crippen molar-refractivity contribution in [3.63, 3.8) is 0 Å². The highest BCUT2D eigenvalue weighted by molar-refractivity contribution is 9.10. The summed E-state index contributed by atoms with van der Waals surface area (Å²) < 4.78 is 6.38. The molecule has 2 rings (SSSR count). The Kier molecular flexibility index (Phi) is 3.32. The van der Waals surface area contributed by atoms with Crippen molar-refractivity contribution in [1.82, 2.24) is 4.90 Å². The lowest BCUT2D eigenvalue weighted by Gasteiger charge is -2.10. The molecule has 0 aromatic heterocycles. The number of nitrogens with zero attached hydrogens (tertiary/aromatic N) is 1. The number of benzene rings is 1. The fraction of sp³-hybridized carbons (Fsp3) is 0.500. The lowest BCUT2D eigenvalue weighted by molar-refractivity contribution is 0.352. The van der Waals surface area contributed by atoms with Crippen molar-refractivity contribution in [2.45, 2.75) is 12.8 Å². The van der Waals surface area contributed by atoms with Crippen LogP contribution in [0.2, 0.25) is 0 Å². The molecule has 0 aliphatic carbocycles. The standard InChI is InChI=1S/C12H16BrNO/c1-14-5-3-9-7-11(13)12(15-2)8-10(9)4-6-14/h7-8H,3-6H2,1-2H3. The SMILES string of the molecule is COc1cc2c(cc1Br)CCN(C)CC2. The molecule has 1 aromatic carbocycles. The Bertz CT molecular complexity index is 365. The zero-order valence-electron chi connectivity index (χ0n) is 9.22. The molecule has 0 atom stereocenters. The second-order valence-electron chi connectivity index (χ2n) is 4.06. The van der Waals surface area contributed by atoms with E-state index in [0.29, 0.717) is 0 Å². The summed E-state index contributed by atoms with van der Waals surface area (Å²) in [4.78, 5) is 2.38. The number of likely N-dealkylation sites (N-methyl/N-ethyl adjacent to an activating group) is 1. The average molecular weight is 270 g/mol. The minimum absolute atomic E-state index is 0.943. The number of methoxy groups -OCH3 is 1. The molecule has 1 aliphatic heterocycles. The summed E-state index contributed by atoms with van der Waals surface area (Å²) in [5, 5.41) is 0. The Morgan fingerprint density at radius 1 is 1.20 bits per heavy atom. The molecule has 0 N–H and O–H groups in total. The molecule has 2 nitrogen and oxygen atoms in total. The summed E-state index contributed by atoms with van der Waals surface area (Å²) >= 11 is 3.54. The molecule has 1 aromatic rings. The van der Waals surface area contributed by atoms with Gasteiger partial charge in [-0.3, -0.25) is 0 Å². The molecule has 1 aliphatic rings. The first-order valence-electron chi connectivity index (χ1n) is 5.24. The number of rotatable bonds is 1. The third kappa shape index (κ3) is 2.34. The van der Waals surface area contributed by atoms with Crippen molar-refractivity contribution in [2.24, 2.45) is 0 Å². The molecule has 1 heterocycles. The van der Waals surface area contributed by atoms with Gasteiger partial charge in [0.1, 0.15) is 5.75 Å². The van der Waals surface area contributed by atoms with Gasteiger partial charge in [-0.1, -0.05) is 0 Å². The smallest absolute Gasteiger partial charge is 0.133 e. The van der Waals surface area contributed by atoms with E-state index in [2.05, 4.69) is 40.0 Å². The van der Waals surface area contributed by atoms with Crippen molar-refractivity contribution in [3.8, 4) is 5.75 Å². The van der Waals surface area contributed by atoms with E-state index < -0.39 is 0 Å². The summed E-state index contributed by atoms with van der Waals surface area (Å²) in [7, 11) is 3.90. The van der Waals surface area contributed by atoms with E-state index in [1.165, 1.54) is 11.1 Å². The lowest BCUT2D eigenvalue weighted by Crippen LogP contribution is -2.20. The van der Waals surface area contributed by atoms with Crippen molar-refractivity contribution >= 4 is 15.9 Å². The van der Waals surface area contributed by atoms with Gasteiger partial charge >= 0.3 is 0 Å². The topological polar surface area (TPSA) is 12.5 Å². The van der Waals surface area contributed by atoms with E-state index in [4.69, 9.17) is 4.74 Å². The molecule has 3 heteroatoms. The van der Waals surface area contributed by atoms with Crippen molar-refractivity contribution in [2.75, 3.05) is 27.2 Å². The molecular weight excluding hydrogens is 254 g/mol. The molecule has 82 valence electrons. The predicted octanol–water partition coefficient (Wildman–Crippen LogP) is 2.49. The highest BCUT2D eigenvalue weighted by Crippen LogP contribution is 2.30. The Hall–Kier alpha value is -0.540. The zero-order chi connectivity index (χ0) is 10.8. The first-order valence-corrected chi connectivity index (χ1v) is 6.04. The van der Waals surface area contributed by atoms with Crippen LogP contribution in [0.3, 0.4) is 0 Å². The van der Waals surface area contributed by atoms with Crippen molar-refractivity contribution in [1.29, 1.82) is 0 Å². The Morgan fingerprint density at radius 2 is 1.80 bits per heavy atom. The minimum Gasteiger partial charge on any atom is -0.496 e. The van der Waals surface area contributed by atoms with Gasteiger partial charge in [-0.05, 0) is 59.1 Å². The lowest BCUT2D eigenvalue weighted by atomic mass is 10.0. The van der Waals surface area contributed by atoms with Crippen LogP contribution in [0.4, 0.5) is 0 Å². The first-order chi connectivity index (χ1) is 7.20. The largest absolute Gasteiger partial charge is 0.496 e. The zero-order valence-corrected chi connectivity index (χ0v) is 10.8. The van der Waals surface area contributed by atoms with E-state index >= 15 is 0 Å². The fourth-order valence-electron chi connectivity index (χ4n) is 1.99. The highest BCUT2D eigenvalue weighted by atomic mass is 79.9. The Labute approximate surface area is 99.4 Å². The van der Waals surface area contributed by atoms with Gasteiger partial charge in [-0.25, -0.2) is 0 Å². The van der Waals surface area contributed by atoms with Crippen molar-refractivity contribution in [3.05, 3.63) is 27.7 Å². The monoisotopic (exact) mass is 269 g/mol. The van der Waals surface area contributed by atoms with Crippen LogP contribution in [0, 0.1) is 0 Å². The van der Waals surface area contributed by atoms with Crippen LogP contribution in [0.5, 0.6) is 5.75 Å². The van der Waals surface area contributed by atoms with Crippen LogP contribution in [0.25, 0.3) is 0 Å². The maximum atomic E-state index is 5.32. The molecule has 0 saturated carbocycles. The van der Waals surface area contributed by atoms with Gasteiger partial charge in [0.05, 0.1) is 11.6 Å². The number of halogens is 1. The molecule has 0 spiro atoms. The molecule has 0 saturated heterocycles. The van der Waals surface area contributed by atoms with Gasteiger partial charge < -0.3 is 9.64 Å². The molecule has 0 unspecified atom stereocenters. The van der Waals surface area contributed by atoms with E-state index in [1.807, 2.05) is 0 Å². The summed E-state index contributed by atoms with van der Waals surface area (Å²) in [5.74, 6) is 0.943. The number of hydrogen-bond donors (Lipinski definition) is 0. The van der Waals surface area contributed by atoms with Crippen LogP contribution in [-0.4, -0.2) is 32.1 Å². The maximum Gasteiger partial charge on any atom is 0.133 e. The van der Waals surface area contributed by atoms with E-state index in [1.54, 1.807) is 7.11 Å². The fourth-order valence-corrected chi connectivity index (χ4v) is 2.55. The third-order valence-electron chi connectivity index (χ3n) is 3.00. The minimum atomic E-state index is 0.943. The maximum absolute atomic E-state index is 5.32. The van der Waals surface area contributed by atoms with E-state index in [9.17, 15) is 0 Å². The van der Waals surface area contributed by atoms with Gasteiger partial charge in [0.15, 0.2) is 0 Å². The molecule has 0 fully saturated rings.